The van der Waals surface area contributed by atoms with Gasteiger partial charge in [-0.2, -0.15) is 0 Å². The maximum atomic E-state index is 5.73. The number of hydrogen-bond donors (Lipinski definition) is 2. The molecule has 2 aromatic rings. The first-order valence-electron chi connectivity index (χ1n) is 6.24. The normalized spacial score (nSPS) is 10.3. The number of ether oxygens (including phenoxy) is 1. The van der Waals surface area contributed by atoms with Crippen molar-refractivity contribution in [3.8, 4) is 5.75 Å². The molecule has 1 aromatic heterocycles. The summed E-state index contributed by atoms with van der Waals surface area (Å²) in [6.07, 6.45) is 1.54. The topological polar surface area (TPSA) is 73.1 Å². The molecule has 0 saturated heterocycles. The van der Waals surface area contributed by atoms with Gasteiger partial charge in [-0.15, -0.1) is 0 Å². The molecule has 0 bridgehead atoms. The van der Waals surface area contributed by atoms with Crippen LogP contribution in [0.15, 0.2) is 30.6 Å². The Balaban J connectivity index is 2.21. The predicted octanol–water partition coefficient (Wildman–Crippen LogP) is 2.39. The van der Waals surface area contributed by atoms with Crippen molar-refractivity contribution in [2.75, 3.05) is 11.9 Å². The number of benzene rings is 1. The molecule has 0 saturated carbocycles. The van der Waals surface area contributed by atoms with E-state index in [4.69, 9.17) is 10.5 Å². The highest BCUT2D eigenvalue weighted by Crippen LogP contribution is 2.24. The number of nitrogens with one attached hydrogen (secondary N) is 1. The van der Waals surface area contributed by atoms with Gasteiger partial charge in [-0.25, -0.2) is 9.97 Å². The lowest BCUT2D eigenvalue weighted by molar-refractivity contribution is 0.336. The Labute approximate surface area is 112 Å². The number of hydrogen-bond acceptors (Lipinski definition) is 5. The van der Waals surface area contributed by atoms with Crippen LogP contribution in [-0.2, 0) is 6.54 Å². The molecule has 0 atom stereocenters. The van der Waals surface area contributed by atoms with Crippen molar-refractivity contribution in [1.82, 2.24) is 9.97 Å². The lowest BCUT2D eigenvalue weighted by Crippen LogP contribution is -2.03. The van der Waals surface area contributed by atoms with Gasteiger partial charge >= 0.3 is 0 Å². The number of rotatable bonds is 5. The van der Waals surface area contributed by atoms with Gasteiger partial charge in [-0.1, -0.05) is 0 Å². The Kier molecular flexibility index (Phi) is 4.30. The number of nitrogens with two attached hydrogens (primary N) is 1. The molecule has 2 rings (SSSR count). The molecule has 0 aliphatic carbocycles. The monoisotopic (exact) mass is 258 g/mol. The number of aromatic nitrogens is 2. The van der Waals surface area contributed by atoms with Crippen molar-refractivity contribution in [2.24, 2.45) is 5.73 Å². The number of aryl methyl sites for hydroxylation is 1. The Morgan fingerprint density at radius 2 is 2.11 bits per heavy atom. The minimum absolute atomic E-state index is 0.438. The van der Waals surface area contributed by atoms with E-state index < -0.39 is 0 Å². The van der Waals surface area contributed by atoms with E-state index in [-0.39, 0.29) is 0 Å². The fourth-order valence-electron chi connectivity index (χ4n) is 1.78. The molecule has 5 heteroatoms. The highest BCUT2D eigenvalue weighted by atomic mass is 16.5. The van der Waals surface area contributed by atoms with Gasteiger partial charge in [0.2, 0.25) is 0 Å². The molecule has 0 unspecified atom stereocenters. The maximum Gasteiger partial charge on any atom is 0.133 e. The lowest BCUT2D eigenvalue weighted by atomic mass is 10.1. The largest absolute Gasteiger partial charge is 0.494 e. The van der Waals surface area contributed by atoms with Crippen molar-refractivity contribution >= 4 is 11.5 Å². The summed E-state index contributed by atoms with van der Waals surface area (Å²) in [6, 6.07) is 7.73. The van der Waals surface area contributed by atoms with Crippen molar-refractivity contribution < 1.29 is 4.74 Å². The third kappa shape index (κ3) is 3.42. The summed E-state index contributed by atoms with van der Waals surface area (Å²) in [6.45, 7) is 4.95. The molecular weight excluding hydrogens is 240 g/mol. The zero-order valence-electron chi connectivity index (χ0n) is 11.2. The molecule has 0 fully saturated rings. The second kappa shape index (κ2) is 6.15. The smallest absolute Gasteiger partial charge is 0.133 e. The highest BCUT2D eigenvalue weighted by molar-refractivity contribution is 5.59. The molecule has 1 aromatic carbocycles. The SMILES string of the molecule is CCOc1ccc(Nc2cc(C)ncn2)cc1CN. The first kappa shape index (κ1) is 13.3. The van der Waals surface area contributed by atoms with E-state index in [0.717, 1.165) is 28.5 Å². The molecule has 0 spiro atoms. The van der Waals surface area contributed by atoms with Gasteiger partial charge < -0.3 is 15.8 Å². The van der Waals surface area contributed by atoms with Crippen LogP contribution in [0.25, 0.3) is 0 Å². The Bertz CT molecular complexity index is 557. The number of anilines is 2. The van der Waals surface area contributed by atoms with Crippen LogP contribution in [0.4, 0.5) is 11.5 Å². The van der Waals surface area contributed by atoms with Gasteiger partial charge in [0.25, 0.3) is 0 Å². The van der Waals surface area contributed by atoms with Crippen LogP contribution in [0.3, 0.4) is 0 Å². The molecule has 5 nitrogen and oxygen atoms in total. The summed E-state index contributed by atoms with van der Waals surface area (Å²) in [5, 5.41) is 3.23. The fraction of sp³-hybridized carbons (Fsp3) is 0.286. The van der Waals surface area contributed by atoms with E-state index in [0.29, 0.717) is 13.2 Å². The molecule has 0 radical (unpaired) electrons. The van der Waals surface area contributed by atoms with Gasteiger partial charge in [0.1, 0.15) is 17.9 Å². The average Bonchev–Trinajstić information content (AvgIpc) is 2.41. The van der Waals surface area contributed by atoms with Crippen LogP contribution in [0, 0.1) is 6.92 Å². The van der Waals surface area contributed by atoms with Crippen molar-refractivity contribution in [1.29, 1.82) is 0 Å². The van der Waals surface area contributed by atoms with Crippen LogP contribution in [0.1, 0.15) is 18.2 Å². The molecule has 19 heavy (non-hydrogen) atoms. The zero-order valence-corrected chi connectivity index (χ0v) is 11.2. The average molecular weight is 258 g/mol. The van der Waals surface area contributed by atoms with Gasteiger partial charge in [-0.05, 0) is 32.0 Å². The van der Waals surface area contributed by atoms with E-state index in [2.05, 4.69) is 15.3 Å². The standard InChI is InChI=1S/C14H18N4O/c1-3-19-13-5-4-12(7-11(13)8-15)18-14-6-10(2)16-9-17-14/h4-7,9H,3,8,15H2,1-2H3,(H,16,17,18). The summed E-state index contributed by atoms with van der Waals surface area (Å²) in [5.74, 6) is 1.59. The Morgan fingerprint density at radius 3 is 2.79 bits per heavy atom. The maximum absolute atomic E-state index is 5.73. The van der Waals surface area contributed by atoms with Crippen molar-refractivity contribution in [3.05, 3.63) is 41.9 Å². The second-order valence-electron chi connectivity index (χ2n) is 4.13. The van der Waals surface area contributed by atoms with Crippen LogP contribution in [0.2, 0.25) is 0 Å². The van der Waals surface area contributed by atoms with Gasteiger partial charge in [0.05, 0.1) is 6.61 Å². The summed E-state index contributed by atoms with van der Waals surface area (Å²) in [7, 11) is 0. The van der Waals surface area contributed by atoms with Crippen molar-refractivity contribution in [3.63, 3.8) is 0 Å². The third-order valence-corrected chi connectivity index (χ3v) is 2.66. The minimum atomic E-state index is 0.438. The number of nitrogens with zero attached hydrogens (tertiary/aromatic N) is 2. The van der Waals surface area contributed by atoms with Crippen LogP contribution in [-0.4, -0.2) is 16.6 Å². The summed E-state index contributed by atoms with van der Waals surface area (Å²) in [5.41, 5.74) is 8.56. The van der Waals surface area contributed by atoms with E-state index in [1.165, 1.54) is 6.33 Å². The zero-order chi connectivity index (χ0) is 13.7. The summed E-state index contributed by atoms with van der Waals surface area (Å²) in [4.78, 5) is 8.23. The third-order valence-electron chi connectivity index (χ3n) is 2.66. The first-order chi connectivity index (χ1) is 9.22. The van der Waals surface area contributed by atoms with Gasteiger partial charge in [0.15, 0.2) is 0 Å². The van der Waals surface area contributed by atoms with Crippen molar-refractivity contribution in [2.45, 2.75) is 20.4 Å². The molecule has 100 valence electrons. The predicted molar refractivity (Wildman–Crippen MR) is 75.6 cm³/mol. The van der Waals surface area contributed by atoms with Crippen LogP contribution >= 0.6 is 0 Å². The van der Waals surface area contributed by atoms with Gasteiger partial charge in [-0.3, -0.25) is 0 Å². The Morgan fingerprint density at radius 1 is 1.26 bits per heavy atom. The van der Waals surface area contributed by atoms with E-state index in [9.17, 15) is 0 Å². The molecule has 1 heterocycles. The molecule has 0 amide bonds. The molecule has 3 N–H and O–H groups in total. The van der Waals surface area contributed by atoms with Crippen LogP contribution < -0.4 is 15.8 Å². The minimum Gasteiger partial charge on any atom is -0.494 e. The van der Waals surface area contributed by atoms with E-state index in [1.807, 2.05) is 38.1 Å². The van der Waals surface area contributed by atoms with E-state index >= 15 is 0 Å². The fourth-order valence-corrected chi connectivity index (χ4v) is 1.78. The molecular formula is C14H18N4O. The lowest BCUT2D eigenvalue weighted by Gasteiger charge is -2.12. The van der Waals surface area contributed by atoms with Crippen LogP contribution in [0.5, 0.6) is 5.75 Å². The quantitative estimate of drug-likeness (QED) is 0.861. The highest BCUT2D eigenvalue weighted by Gasteiger charge is 2.04. The van der Waals surface area contributed by atoms with Gasteiger partial charge in [0, 0.05) is 29.6 Å². The first-order valence-corrected chi connectivity index (χ1v) is 6.24. The molecule has 0 aliphatic heterocycles. The second-order valence-corrected chi connectivity index (χ2v) is 4.13. The molecule has 0 aliphatic rings. The van der Waals surface area contributed by atoms with E-state index in [1.54, 1.807) is 0 Å². The summed E-state index contributed by atoms with van der Waals surface area (Å²) >= 11 is 0. The summed E-state index contributed by atoms with van der Waals surface area (Å²) < 4.78 is 5.52. The Hall–Kier alpha value is -2.14.